The van der Waals surface area contributed by atoms with Crippen molar-refractivity contribution in [3.63, 3.8) is 0 Å². The molecule has 0 heterocycles. The van der Waals surface area contributed by atoms with E-state index in [1.165, 1.54) is 11.1 Å². The molecule has 0 fully saturated rings. The molecule has 0 saturated carbocycles. The molecule has 0 aliphatic rings. The number of hydrogen-bond donors (Lipinski definition) is 1. The van der Waals surface area contributed by atoms with Gasteiger partial charge in [-0.15, -0.1) is 0 Å². The first-order valence-corrected chi connectivity index (χ1v) is 8.70. The molecule has 132 valence electrons. The van der Waals surface area contributed by atoms with Crippen molar-refractivity contribution in [2.24, 2.45) is 0 Å². The van der Waals surface area contributed by atoms with Crippen LogP contribution in [0.5, 0.6) is 5.75 Å². The lowest BCUT2D eigenvalue weighted by atomic mass is 10.0. The van der Waals surface area contributed by atoms with Gasteiger partial charge in [-0.05, 0) is 60.7 Å². The summed E-state index contributed by atoms with van der Waals surface area (Å²) < 4.78 is 5.83. The second-order valence-electron chi connectivity index (χ2n) is 6.42. The molecule has 0 bridgehead atoms. The van der Waals surface area contributed by atoms with E-state index in [4.69, 9.17) is 9.84 Å². The van der Waals surface area contributed by atoms with E-state index in [-0.39, 0.29) is 0 Å². The number of aryl methyl sites for hydroxylation is 3. The van der Waals surface area contributed by atoms with Crippen LogP contribution in [0.15, 0.2) is 72.8 Å². The molecule has 3 nitrogen and oxygen atoms in total. The first-order valence-electron chi connectivity index (χ1n) is 8.70. The van der Waals surface area contributed by atoms with Gasteiger partial charge in [-0.3, -0.25) is 0 Å². The number of rotatable bonds is 7. The Morgan fingerprint density at radius 3 is 2.19 bits per heavy atom. The summed E-state index contributed by atoms with van der Waals surface area (Å²) in [4.78, 5) is 11.0. The maximum atomic E-state index is 11.0. The quantitative estimate of drug-likeness (QED) is 0.650. The van der Waals surface area contributed by atoms with E-state index in [0.717, 1.165) is 29.7 Å². The highest BCUT2D eigenvalue weighted by Gasteiger charge is 2.04. The zero-order valence-electron chi connectivity index (χ0n) is 14.8. The van der Waals surface area contributed by atoms with Crippen molar-refractivity contribution in [2.75, 3.05) is 0 Å². The average Bonchev–Trinajstić information content (AvgIpc) is 2.67. The van der Waals surface area contributed by atoms with Gasteiger partial charge in [-0.2, -0.15) is 0 Å². The van der Waals surface area contributed by atoms with Crippen molar-refractivity contribution in [3.05, 3.63) is 101 Å². The van der Waals surface area contributed by atoms with E-state index in [1.807, 2.05) is 18.2 Å². The lowest BCUT2D eigenvalue weighted by Crippen LogP contribution is -1.99. The molecular formula is C23H22O3. The van der Waals surface area contributed by atoms with Gasteiger partial charge >= 0.3 is 5.97 Å². The van der Waals surface area contributed by atoms with Crippen molar-refractivity contribution in [3.8, 4) is 5.75 Å². The Morgan fingerprint density at radius 2 is 1.50 bits per heavy atom. The van der Waals surface area contributed by atoms with Crippen LogP contribution in [-0.2, 0) is 19.4 Å². The SMILES string of the molecule is Cc1ccc(COc2ccc(CCc3cccc(C(=O)O)c3)cc2)cc1. The van der Waals surface area contributed by atoms with E-state index in [2.05, 4.69) is 43.3 Å². The molecule has 3 heteroatoms. The van der Waals surface area contributed by atoms with Gasteiger partial charge in [-0.1, -0.05) is 54.1 Å². The lowest BCUT2D eigenvalue weighted by Gasteiger charge is -2.08. The van der Waals surface area contributed by atoms with Gasteiger partial charge < -0.3 is 9.84 Å². The van der Waals surface area contributed by atoms with Crippen LogP contribution in [0.25, 0.3) is 0 Å². The summed E-state index contributed by atoms with van der Waals surface area (Å²) in [6, 6.07) is 23.5. The first-order chi connectivity index (χ1) is 12.6. The number of hydrogen-bond acceptors (Lipinski definition) is 2. The molecule has 0 spiro atoms. The summed E-state index contributed by atoms with van der Waals surface area (Å²) in [5, 5.41) is 9.06. The number of benzene rings is 3. The summed E-state index contributed by atoms with van der Waals surface area (Å²) in [7, 11) is 0. The Hall–Kier alpha value is -3.07. The van der Waals surface area contributed by atoms with Crippen LogP contribution in [0.3, 0.4) is 0 Å². The van der Waals surface area contributed by atoms with E-state index in [0.29, 0.717) is 12.2 Å². The van der Waals surface area contributed by atoms with Crippen LogP contribution in [-0.4, -0.2) is 11.1 Å². The van der Waals surface area contributed by atoms with Gasteiger partial charge in [0.1, 0.15) is 12.4 Å². The maximum absolute atomic E-state index is 11.0. The second-order valence-corrected chi connectivity index (χ2v) is 6.42. The molecule has 0 aliphatic heterocycles. The highest BCUT2D eigenvalue weighted by molar-refractivity contribution is 5.87. The maximum Gasteiger partial charge on any atom is 0.335 e. The highest BCUT2D eigenvalue weighted by Crippen LogP contribution is 2.16. The average molecular weight is 346 g/mol. The molecule has 0 radical (unpaired) electrons. The fourth-order valence-electron chi connectivity index (χ4n) is 2.75. The molecule has 0 aromatic heterocycles. The van der Waals surface area contributed by atoms with Crippen LogP contribution in [0.2, 0.25) is 0 Å². The first kappa shape index (κ1) is 17.7. The predicted octanol–water partition coefficient (Wildman–Crippen LogP) is 5.06. The largest absolute Gasteiger partial charge is 0.489 e. The third-order valence-electron chi connectivity index (χ3n) is 4.33. The van der Waals surface area contributed by atoms with Gasteiger partial charge in [0.05, 0.1) is 5.56 Å². The van der Waals surface area contributed by atoms with Crippen LogP contribution < -0.4 is 4.74 Å². The number of carboxylic acids is 1. The summed E-state index contributed by atoms with van der Waals surface area (Å²) >= 11 is 0. The minimum Gasteiger partial charge on any atom is -0.489 e. The smallest absolute Gasteiger partial charge is 0.335 e. The molecule has 0 unspecified atom stereocenters. The third kappa shape index (κ3) is 4.96. The van der Waals surface area contributed by atoms with Gasteiger partial charge in [0, 0.05) is 0 Å². The van der Waals surface area contributed by atoms with E-state index < -0.39 is 5.97 Å². The van der Waals surface area contributed by atoms with Crippen molar-refractivity contribution >= 4 is 5.97 Å². The zero-order chi connectivity index (χ0) is 18.4. The molecule has 3 rings (SSSR count). The van der Waals surface area contributed by atoms with E-state index in [9.17, 15) is 4.79 Å². The number of carbonyl (C=O) groups is 1. The van der Waals surface area contributed by atoms with Crippen molar-refractivity contribution in [1.82, 2.24) is 0 Å². The summed E-state index contributed by atoms with van der Waals surface area (Å²) in [5.41, 5.74) is 4.96. The molecule has 3 aromatic carbocycles. The highest BCUT2D eigenvalue weighted by atomic mass is 16.5. The fraction of sp³-hybridized carbons (Fsp3) is 0.174. The third-order valence-corrected chi connectivity index (χ3v) is 4.33. The summed E-state index contributed by atoms with van der Waals surface area (Å²) in [6.45, 7) is 2.63. The lowest BCUT2D eigenvalue weighted by molar-refractivity contribution is 0.0696. The molecular weight excluding hydrogens is 324 g/mol. The monoisotopic (exact) mass is 346 g/mol. The molecule has 3 aromatic rings. The topological polar surface area (TPSA) is 46.5 Å². The second kappa shape index (κ2) is 8.34. The molecule has 26 heavy (non-hydrogen) atoms. The number of aromatic carboxylic acids is 1. The summed E-state index contributed by atoms with van der Waals surface area (Å²) in [6.07, 6.45) is 1.67. The minimum absolute atomic E-state index is 0.336. The normalized spacial score (nSPS) is 10.5. The Bertz CT molecular complexity index is 865. The van der Waals surface area contributed by atoms with E-state index >= 15 is 0 Å². The van der Waals surface area contributed by atoms with Crippen LogP contribution >= 0.6 is 0 Å². The molecule has 0 atom stereocenters. The van der Waals surface area contributed by atoms with Gasteiger partial charge in [-0.25, -0.2) is 4.79 Å². The Labute approximate surface area is 153 Å². The molecule has 0 saturated heterocycles. The van der Waals surface area contributed by atoms with Crippen LogP contribution in [0, 0.1) is 6.92 Å². The fourth-order valence-corrected chi connectivity index (χ4v) is 2.75. The number of ether oxygens (including phenoxy) is 1. The molecule has 1 N–H and O–H groups in total. The Balaban J connectivity index is 1.53. The van der Waals surface area contributed by atoms with Crippen molar-refractivity contribution < 1.29 is 14.6 Å². The summed E-state index contributed by atoms with van der Waals surface area (Å²) in [5.74, 6) is -0.0378. The Kier molecular flexibility index (Phi) is 5.69. The van der Waals surface area contributed by atoms with Gasteiger partial charge in [0.25, 0.3) is 0 Å². The zero-order valence-corrected chi connectivity index (χ0v) is 14.8. The number of carboxylic acid groups (broad SMARTS) is 1. The standard InChI is InChI=1S/C23H22O3/c1-17-5-7-20(8-6-17)16-26-22-13-11-18(12-14-22)9-10-19-3-2-4-21(15-19)23(24)25/h2-8,11-15H,9-10,16H2,1H3,(H,24,25). The molecule has 0 amide bonds. The van der Waals surface area contributed by atoms with E-state index in [1.54, 1.807) is 18.2 Å². The van der Waals surface area contributed by atoms with Gasteiger partial charge in [0.15, 0.2) is 0 Å². The van der Waals surface area contributed by atoms with Crippen LogP contribution in [0.4, 0.5) is 0 Å². The van der Waals surface area contributed by atoms with Gasteiger partial charge in [0.2, 0.25) is 0 Å². The van der Waals surface area contributed by atoms with Crippen LogP contribution in [0.1, 0.15) is 32.6 Å². The minimum atomic E-state index is -0.887. The molecule has 0 aliphatic carbocycles. The van der Waals surface area contributed by atoms with Crippen molar-refractivity contribution in [1.29, 1.82) is 0 Å². The Morgan fingerprint density at radius 1 is 0.846 bits per heavy atom. The predicted molar refractivity (Wildman–Crippen MR) is 103 cm³/mol. The van der Waals surface area contributed by atoms with Crippen molar-refractivity contribution in [2.45, 2.75) is 26.4 Å².